The summed E-state index contributed by atoms with van der Waals surface area (Å²) in [6.07, 6.45) is 7.66. The van der Waals surface area contributed by atoms with Gasteiger partial charge < -0.3 is 15.1 Å². The summed E-state index contributed by atoms with van der Waals surface area (Å²) in [6, 6.07) is 22.9. The predicted octanol–water partition coefficient (Wildman–Crippen LogP) is 6.66. The average Bonchev–Trinajstić information content (AvgIpc) is 3.68. The minimum absolute atomic E-state index is 0.00715. The van der Waals surface area contributed by atoms with Gasteiger partial charge in [0.25, 0.3) is 0 Å². The maximum absolute atomic E-state index is 12.6. The lowest BCUT2D eigenvalue weighted by Crippen LogP contribution is -2.45. The van der Waals surface area contributed by atoms with E-state index < -0.39 is 10.8 Å². The third-order valence-electron chi connectivity index (χ3n) is 8.80. The summed E-state index contributed by atoms with van der Waals surface area (Å²) in [7, 11) is 0. The molecule has 11 nitrogen and oxygen atoms in total. The van der Waals surface area contributed by atoms with Crippen LogP contribution < -0.4 is 10.6 Å². The third-order valence-corrected chi connectivity index (χ3v) is 8.80. The van der Waals surface area contributed by atoms with Gasteiger partial charge in [0.1, 0.15) is 17.9 Å². The number of nitriles is 2. The summed E-state index contributed by atoms with van der Waals surface area (Å²) in [5, 5.41) is 23.8. The lowest BCUT2D eigenvalue weighted by molar-refractivity contribution is -0.127. The molecule has 3 heterocycles. The Hall–Kier alpha value is -6.20. The molecule has 11 heteroatoms. The van der Waals surface area contributed by atoms with Crippen molar-refractivity contribution in [2.45, 2.75) is 71.9 Å². The van der Waals surface area contributed by atoms with Gasteiger partial charge in [0, 0.05) is 17.2 Å². The molecule has 1 atom stereocenters. The predicted molar refractivity (Wildman–Crippen MR) is 193 cm³/mol. The number of hydrogen-bond acceptors (Lipinski definition) is 9. The molecule has 0 bridgehead atoms. The molecule has 0 saturated heterocycles. The van der Waals surface area contributed by atoms with Crippen LogP contribution in [0.4, 0.5) is 0 Å². The van der Waals surface area contributed by atoms with Gasteiger partial charge in [0.15, 0.2) is 11.4 Å². The number of carbonyl (C=O) groups excluding carboxylic acids is 2. The van der Waals surface area contributed by atoms with Crippen LogP contribution in [0, 0.1) is 28.6 Å². The normalized spacial score (nSPS) is 11.7. The van der Waals surface area contributed by atoms with Gasteiger partial charge in [-0.2, -0.15) is 10.5 Å². The second kappa shape index (κ2) is 16.5. The van der Waals surface area contributed by atoms with Crippen LogP contribution in [0.15, 0.2) is 96.1 Å². The minimum Gasteiger partial charge on any atom is -0.467 e. The van der Waals surface area contributed by atoms with Crippen molar-refractivity contribution >= 4 is 11.8 Å². The van der Waals surface area contributed by atoms with E-state index in [1.807, 2.05) is 101 Å². The molecule has 0 radical (unpaired) electrons. The van der Waals surface area contributed by atoms with E-state index in [2.05, 4.69) is 44.4 Å². The van der Waals surface area contributed by atoms with Crippen LogP contribution in [0.25, 0.3) is 22.5 Å². The number of aromatic nitrogens is 4. The number of benzene rings is 2. The number of carbonyl (C=O) groups is 2. The number of nitrogens with zero attached hydrogens (tertiary/aromatic N) is 6. The fourth-order valence-electron chi connectivity index (χ4n) is 4.85. The van der Waals surface area contributed by atoms with E-state index in [0.29, 0.717) is 29.6 Å². The third kappa shape index (κ3) is 9.49. The maximum Gasteiger partial charge on any atom is 0.230 e. The Labute approximate surface area is 298 Å². The highest BCUT2D eigenvalue weighted by Crippen LogP contribution is 2.28. The fourth-order valence-corrected chi connectivity index (χ4v) is 4.85. The Kier molecular flexibility index (Phi) is 12.1. The monoisotopic (exact) mass is 682 g/mol. The summed E-state index contributed by atoms with van der Waals surface area (Å²) in [5.41, 5.74) is 3.97. The van der Waals surface area contributed by atoms with Crippen LogP contribution in [0.3, 0.4) is 0 Å². The van der Waals surface area contributed by atoms with Gasteiger partial charge in [-0.25, -0.2) is 9.97 Å². The van der Waals surface area contributed by atoms with E-state index in [0.717, 1.165) is 22.3 Å². The quantitative estimate of drug-likeness (QED) is 0.164. The van der Waals surface area contributed by atoms with Crippen molar-refractivity contribution in [3.05, 3.63) is 120 Å². The molecule has 2 aromatic carbocycles. The van der Waals surface area contributed by atoms with Crippen LogP contribution in [-0.2, 0) is 27.0 Å². The fraction of sp³-hybridized carbons (Fsp3) is 0.300. The molecule has 260 valence electrons. The van der Waals surface area contributed by atoms with Crippen molar-refractivity contribution in [1.29, 1.82) is 10.5 Å². The summed E-state index contributed by atoms with van der Waals surface area (Å²) in [4.78, 5) is 41.8. The molecule has 2 amide bonds. The molecule has 51 heavy (non-hydrogen) atoms. The molecule has 0 aliphatic rings. The lowest BCUT2D eigenvalue weighted by Gasteiger charge is -2.28. The maximum atomic E-state index is 12.6. The van der Waals surface area contributed by atoms with Crippen LogP contribution in [-0.4, -0.2) is 37.8 Å². The van der Waals surface area contributed by atoms with Crippen molar-refractivity contribution in [3.8, 4) is 34.7 Å². The standard InChI is InChI=1S/C20H18N4O2.C20H24N4O/c1-20(2,19(25)23-12-17-4-3-9-26-17)15-7-5-14(6-8-15)18-13-22-11-16(10-21)24-18;1-13(2)14(3)23-19(25)20(4,5)16-8-6-15(7-9-16)18-12-22-11-17(10-21)24-18/h3-9,11,13H,12H2,1-2H3,(H,23,25);6-9,11-14H,1-5H3,(H,23,25)/t;14-/m.1/s1. The summed E-state index contributed by atoms with van der Waals surface area (Å²) < 4.78 is 5.24. The summed E-state index contributed by atoms with van der Waals surface area (Å²) in [5.74, 6) is 1.01. The number of nitrogens with one attached hydrogen (secondary N) is 2. The van der Waals surface area contributed by atoms with Crippen molar-refractivity contribution < 1.29 is 14.0 Å². The molecular formula is C40H42N8O3. The first-order valence-electron chi connectivity index (χ1n) is 16.5. The molecule has 0 aliphatic carbocycles. The molecular weight excluding hydrogens is 640 g/mol. The van der Waals surface area contributed by atoms with E-state index >= 15 is 0 Å². The Bertz CT molecular complexity index is 2020. The first-order chi connectivity index (χ1) is 24.3. The van der Waals surface area contributed by atoms with Gasteiger partial charge in [0.2, 0.25) is 11.8 Å². The van der Waals surface area contributed by atoms with Gasteiger partial charge in [0.05, 0.1) is 59.8 Å². The zero-order valence-corrected chi connectivity index (χ0v) is 29.9. The van der Waals surface area contributed by atoms with Crippen molar-refractivity contribution in [2.75, 3.05) is 0 Å². The Morgan fingerprint density at radius 2 is 1.20 bits per heavy atom. The van der Waals surface area contributed by atoms with Crippen molar-refractivity contribution in [1.82, 2.24) is 30.6 Å². The summed E-state index contributed by atoms with van der Waals surface area (Å²) >= 11 is 0. The smallest absolute Gasteiger partial charge is 0.230 e. The first kappa shape index (κ1) is 37.6. The zero-order valence-electron chi connectivity index (χ0n) is 29.9. The van der Waals surface area contributed by atoms with Crippen LogP contribution in [0.1, 0.15) is 76.7 Å². The second-order valence-corrected chi connectivity index (χ2v) is 13.5. The van der Waals surface area contributed by atoms with E-state index in [9.17, 15) is 9.59 Å². The van der Waals surface area contributed by atoms with Crippen molar-refractivity contribution in [2.24, 2.45) is 5.92 Å². The first-order valence-corrected chi connectivity index (χ1v) is 16.5. The van der Waals surface area contributed by atoms with Gasteiger partial charge >= 0.3 is 0 Å². The van der Waals surface area contributed by atoms with Crippen LogP contribution in [0.5, 0.6) is 0 Å². The summed E-state index contributed by atoms with van der Waals surface area (Å²) in [6.45, 7) is 14.1. The van der Waals surface area contributed by atoms with Gasteiger partial charge in [-0.3, -0.25) is 19.6 Å². The van der Waals surface area contributed by atoms with Gasteiger partial charge in [-0.1, -0.05) is 62.4 Å². The molecule has 5 aromatic rings. The molecule has 5 rings (SSSR count). The van der Waals surface area contributed by atoms with Crippen molar-refractivity contribution in [3.63, 3.8) is 0 Å². The Morgan fingerprint density at radius 1 is 0.725 bits per heavy atom. The highest BCUT2D eigenvalue weighted by Gasteiger charge is 2.31. The van der Waals surface area contributed by atoms with Crippen LogP contribution in [0.2, 0.25) is 0 Å². The highest BCUT2D eigenvalue weighted by atomic mass is 16.3. The average molecular weight is 683 g/mol. The van der Waals surface area contributed by atoms with E-state index in [4.69, 9.17) is 14.9 Å². The molecule has 0 saturated carbocycles. The van der Waals surface area contributed by atoms with Gasteiger partial charge in [-0.15, -0.1) is 0 Å². The highest BCUT2D eigenvalue weighted by molar-refractivity contribution is 5.88. The number of rotatable bonds is 10. The molecule has 3 aromatic heterocycles. The molecule has 0 aliphatic heterocycles. The minimum atomic E-state index is -0.703. The lowest BCUT2D eigenvalue weighted by atomic mass is 9.82. The number of furan rings is 1. The molecule has 0 unspecified atom stereocenters. The SMILES string of the molecule is CC(C)(C(=O)NCc1ccco1)c1ccc(-c2cncc(C#N)n2)cc1.CC(C)[C@@H](C)NC(=O)C(C)(C)c1ccc(-c2cncc(C#N)n2)cc1. The molecule has 0 spiro atoms. The number of amides is 2. The molecule has 2 N–H and O–H groups in total. The number of hydrogen-bond donors (Lipinski definition) is 2. The second-order valence-electron chi connectivity index (χ2n) is 13.5. The van der Waals surface area contributed by atoms with E-state index in [-0.39, 0.29) is 29.2 Å². The van der Waals surface area contributed by atoms with Gasteiger partial charge in [-0.05, 0) is 63.8 Å². The van der Waals surface area contributed by atoms with E-state index in [1.165, 1.54) is 12.4 Å². The zero-order chi connectivity index (χ0) is 37.2. The largest absolute Gasteiger partial charge is 0.467 e. The van der Waals surface area contributed by atoms with Crippen LogP contribution >= 0.6 is 0 Å². The topological polar surface area (TPSA) is 170 Å². The Balaban J connectivity index is 0.000000229. The van der Waals surface area contributed by atoms with E-state index in [1.54, 1.807) is 24.7 Å². The molecule has 0 fully saturated rings. The Morgan fingerprint density at radius 3 is 1.61 bits per heavy atom.